The quantitative estimate of drug-likeness (QED) is 0.539. The summed E-state index contributed by atoms with van der Waals surface area (Å²) in [6, 6.07) is 0. The van der Waals surface area contributed by atoms with Gasteiger partial charge < -0.3 is 0 Å². The van der Waals surface area contributed by atoms with Crippen molar-refractivity contribution in [1.29, 1.82) is 0 Å². The molecular weight excluding hydrogens is 90.1 g/mol. The van der Waals surface area contributed by atoms with Gasteiger partial charge >= 0.3 is 0 Å². The summed E-state index contributed by atoms with van der Waals surface area (Å²) in [7, 11) is 0. The fourth-order valence-corrected chi connectivity index (χ4v) is 0.555. The van der Waals surface area contributed by atoms with Gasteiger partial charge in [0.15, 0.2) is 6.23 Å². The zero-order valence-electron chi connectivity index (χ0n) is 4.61. The molecule has 1 rings (SSSR count). The molecule has 0 aromatic carbocycles. The zero-order chi connectivity index (χ0) is 5.11. The van der Waals surface area contributed by atoms with Gasteiger partial charge in [0.05, 0.1) is 0 Å². The molecule has 0 aliphatic carbocycles. The second kappa shape index (κ2) is 2.28. The molecule has 1 aliphatic heterocycles. The molecule has 1 atom stereocenters. The number of unbranched alkanes of at least 4 members (excludes halogenated alkanes) is 1. The Morgan fingerprint density at radius 1 is 1.71 bits per heavy atom. The van der Waals surface area contributed by atoms with E-state index in [1.54, 1.807) is 0 Å². The Labute approximate surface area is 43.8 Å². The van der Waals surface area contributed by atoms with Crippen LogP contribution in [0.3, 0.4) is 0 Å². The molecule has 0 aromatic heterocycles. The number of hydrogen-bond donors (Lipinski definition) is 1. The van der Waals surface area contributed by atoms with E-state index in [9.17, 15) is 0 Å². The van der Waals surface area contributed by atoms with Gasteiger partial charge in [-0.3, -0.25) is 4.84 Å². The number of hydrogen-bond acceptors (Lipinski definition) is 2. The third kappa shape index (κ3) is 1.90. The second-order valence-corrected chi connectivity index (χ2v) is 1.87. The summed E-state index contributed by atoms with van der Waals surface area (Å²) < 4.78 is 0. The normalized spacial score (nSPS) is 27.9. The molecule has 1 fully saturated rings. The average Bonchev–Trinajstić information content (AvgIpc) is 2.42. The minimum Gasteiger partial charge on any atom is -0.278 e. The molecule has 0 aromatic rings. The highest BCUT2D eigenvalue weighted by Crippen LogP contribution is 2.08. The summed E-state index contributed by atoms with van der Waals surface area (Å²) in [5.41, 5.74) is 2.77. The molecule has 0 amide bonds. The highest BCUT2D eigenvalue weighted by molar-refractivity contribution is 4.56. The first-order chi connectivity index (χ1) is 3.43. The molecule has 1 unspecified atom stereocenters. The van der Waals surface area contributed by atoms with Crippen LogP contribution in [0.4, 0.5) is 0 Å². The van der Waals surface area contributed by atoms with Gasteiger partial charge in [0, 0.05) is 0 Å². The standard InChI is InChI=1S/C5H11NO/c1-2-3-4-5-6-7-5/h5-6H,2-4H2,1H3. The van der Waals surface area contributed by atoms with E-state index in [0.717, 1.165) is 0 Å². The van der Waals surface area contributed by atoms with Gasteiger partial charge in [-0.15, -0.1) is 0 Å². The van der Waals surface area contributed by atoms with Crippen molar-refractivity contribution in [2.75, 3.05) is 0 Å². The van der Waals surface area contributed by atoms with Gasteiger partial charge in [-0.05, 0) is 12.8 Å². The molecule has 2 nitrogen and oxygen atoms in total. The Hall–Kier alpha value is -0.0800. The van der Waals surface area contributed by atoms with Crippen LogP contribution in [0.1, 0.15) is 26.2 Å². The van der Waals surface area contributed by atoms with Gasteiger partial charge in [0.2, 0.25) is 0 Å². The Balaban J connectivity index is 1.80. The number of nitrogens with one attached hydrogen (secondary N) is 1. The van der Waals surface area contributed by atoms with Crippen LogP contribution in [0.2, 0.25) is 0 Å². The molecule has 7 heavy (non-hydrogen) atoms. The van der Waals surface area contributed by atoms with Crippen molar-refractivity contribution in [3.8, 4) is 0 Å². The summed E-state index contributed by atoms with van der Waals surface area (Å²) in [6.45, 7) is 2.18. The van der Waals surface area contributed by atoms with Crippen molar-refractivity contribution in [1.82, 2.24) is 5.48 Å². The summed E-state index contributed by atoms with van der Waals surface area (Å²) in [5.74, 6) is 0. The van der Waals surface area contributed by atoms with Crippen molar-refractivity contribution in [2.45, 2.75) is 32.4 Å². The Morgan fingerprint density at radius 2 is 2.43 bits per heavy atom. The number of hydroxylamine groups is 1. The van der Waals surface area contributed by atoms with Gasteiger partial charge in [-0.25, -0.2) is 0 Å². The minimum atomic E-state index is 0.403. The minimum absolute atomic E-state index is 0.403. The zero-order valence-corrected chi connectivity index (χ0v) is 4.61. The SMILES string of the molecule is CCCCC1NO1. The maximum absolute atomic E-state index is 4.76. The molecule has 1 aliphatic rings. The van der Waals surface area contributed by atoms with Gasteiger partial charge in [0.1, 0.15) is 0 Å². The fourth-order valence-electron chi connectivity index (χ4n) is 0.555. The van der Waals surface area contributed by atoms with E-state index >= 15 is 0 Å². The Bertz CT molecular complexity index is 52.0. The van der Waals surface area contributed by atoms with E-state index in [1.807, 2.05) is 0 Å². The lowest BCUT2D eigenvalue weighted by Crippen LogP contribution is -1.87. The molecule has 0 saturated carbocycles. The van der Waals surface area contributed by atoms with Crippen LogP contribution in [-0.2, 0) is 4.84 Å². The maximum Gasteiger partial charge on any atom is 0.151 e. The maximum atomic E-state index is 4.76. The van der Waals surface area contributed by atoms with Crippen molar-refractivity contribution < 1.29 is 4.84 Å². The summed E-state index contributed by atoms with van der Waals surface area (Å²) in [4.78, 5) is 4.76. The van der Waals surface area contributed by atoms with E-state index in [0.29, 0.717) is 6.23 Å². The van der Waals surface area contributed by atoms with Crippen LogP contribution in [-0.4, -0.2) is 6.23 Å². The first-order valence-corrected chi connectivity index (χ1v) is 2.84. The third-order valence-corrected chi connectivity index (χ3v) is 1.10. The van der Waals surface area contributed by atoms with Crippen molar-refractivity contribution in [2.24, 2.45) is 0 Å². The Morgan fingerprint density at radius 3 is 2.86 bits per heavy atom. The van der Waals surface area contributed by atoms with Gasteiger partial charge in [0.25, 0.3) is 0 Å². The van der Waals surface area contributed by atoms with Gasteiger partial charge in [-0.2, -0.15) is 5.48 Å². The average molecular weight is 101 g/mol. The molecule has 0 bridgehead atoms. The highest BCUT2D eigenvalue weighted by atomic mass is 16.8. The summed E-state index contributed by atoms with van der Waals surface area (Å²) in [6.07, 6.45) is 4.12. The van der Waals surface area contributed by atoms with Crippen LogP contribution >= 0.6 is 0 Å². The predicted octanol–water partition coefficient (Wildman–Crippen LogP) is 1.04. The lowest BCUT2D eigenvalue weighted by atomic mass is 10.2. The summed E-state index contributed by atoms with van der Waals surface area (Å²) in [5, 5.41) is 0. The van der Waals surface area contributed by atoms with E-state index < -0.39 is 0 Å². The first kappa shape index (κ1) is 5.06. The molecule has 2 heteroatoms. The molecule has 1 N–H and O–H groups in total. The smallest absolute Gasteiger partial charge is 0.151 e. The van der Waals surface area contributed by atoms with E-state index in [4.69, 9.17) is 4.84 Å². The fraction of sp³-hybridized carbons (Fsp3) is 1.00. The Kier molecular flexibility index (Phi) is 1.65. The highest BCUT2D eigenvalue weighted by Gasteiger charge is 2.19. The molecule has 0 spiro atoms. The van der Waals surface area contributed by atoms with Crippen molar-refractivity contribution in [3.63, 3.8) is 0 Å². The summed E-state index contributed by atoms with van der Waals surface area (Å²) >= 11 is 0. The molecule has 1 saturated heterocycles. The molecule has 0 radical (unpaired) electrons. The monoisotopic (exact) mass is 101 g/mol. The molecule has 42 valence electrons. The number of rotatable bonds is 3. The topological polar surface area (TPSA) is 34.5 Å². The van der Waals surface area contributed by atoms with E-state index in [2.05, 4.69) is 12.4 Å². The largest absolute Gasteiger partial charge is 0.278 e. The van der Waals surface area contributed by atoms with Crippen LogP contribution in [0.5, 0.6) is 0 Å². The van der Waals surface area contributed by atoms with Crippen LogP contribution in [0, 0.1) is 0 Å². The lowest BCUT2D eigenvalue weighted by molar-refractivity contribution is 0.359. The van der Waals surface area contributed by atoms with Gasteiger partial charge in [-0.1, -0.05) is 13.3 Å². The first-order valence-electron chi connectivity index (χ1n) is 2.84. The molecule has 1 heterocycles. The predicted molar refractivity (Wildman–Crippen MR) is 27.5 cm³/mol. The van der Waals surface area contributed by atoms with Crippen LogP contribution < -0.4 is 5.48 Å². The molecular formula is C5H11NO. The van der Waals surface area contributed by atoms with E-state index in [-0.39, 0.29) is 0 Å². The van der Waals surface area contributed by atoms with Crippen LogP contribution in [0.15, 0.2) is 0 Å². The third-order valence-electron chi connectivity index (χ3n) is 1.10. The van der Waals surface area contributed by atoms with Crippen molar-refractivity contribution in [3.05, 3.63) is 0 Å². The lowest BCUT2D eigenvalue weighted by Gasteiger charge is -1.84. The second-order valence-electron chi connectivity index (χ2n) is 1.87. The van der Waals surface area contributed by atoms with Crippen LogP contribution in [0.25, 0.3) is 0 Å². The van der Waals surface area contributed by atoms with E-state index in [1.165, 1.54) is 19.3 Å². The van der Waals surface area contributed by atoms with Crippen molar-refractivity contribution >= 4 is 0 Å².